The number of hydrogen-bond donors (Lipinski definition) is 2. The van der Waals surface area contributed by atoms with Gasteiger partial charge in [0.2, 0.25) is 5.91 Å². The summed E-state index contributed by atoms with van der Waals surface area (Å²) in [5, 5.41) is 21.3. The maximum Gasteiger partial charge on any atom is 0.245 e. The number of hydroxylamine groups is 4. The standard InChI is InChI=1S/C18H32N2O3/c1-4-8-16(14-19(3)22)9-6-7-12-18(11-5-2)13-10-17(21)20(23)15-18/h4-5,16,22-23H,1-2,6-15H2,3H3/t16-,18+/m1/s1. The SMILES string of the molecule is C=CC[C@H](CCCC[C@@]1(CC=C)CCC(=O)N(O)C1)CN(C)O. The third-order valence-electron chi connectivity index (χ3n) is 4.81. The highest BCUT2D eigenvalue weighted by molar-refractivity contribution is 5.75. The van der Waals surface area contributed by atoms with E-state index in [9.17, 15) is 15.2 Å². The summed E-state index contributed by atoms with van der Waals surface area (Å²) in [7, 11) is 1.67. The molecule has 0 saturated carbocycles. The molecule has 0 bridgehead atoms. The van der Waals surface area contributed by atoms with E-state index >= 15 is 0 Å². The van der Waals surface area contributed by atoms with Crippen molar-refractivity contribution in [2.45, 2.75) is 51.4 Å². The van der Waals surface area contributed by atoms with Gasteiger partial charge in [0, 0.05) is 20.0 Å². The van der Waals surface area contributed by atoms with Crippen molar-refractivity contribution in [2.24, 2.45) is 11.3 Å². The molecular weight excluding hydrogens is 292 g/mol. The Labute approximate surface area is 140 Å². The van der Waals surface area contributed by atoms with E-state index in [1.807, 2.05) is 12.2 Å². The van der Waals surface area contributed by atoms with Crippen LogP contribution in [-0.4, -0.2) is 46.6 Å². The number of rotatable bonds is 11. The van der Waals surface area contributed by atoms with Gasteiger partial charge >= 0.3 is 0 Å². The van der Waals surface area contributed by atoms with Crippen molar-refractivity contribution in [3.05, 3.63) is 25.3 Å². The molecule has 0 aromatic carbocycles. The lowest BCUT2D eigenvalue weighted by Gasteiger charge is -2.39. The quantitative estimate of drug-likeness (QED) is 0.264. The van der Waals surface area contributed by atoms with Crippen LogP contribution in [0.15, 0.2) is 25.3 Å². The highest BCUT2D eigenvalue weighted by Gasteiger charge is 2.37. The van der Waals surface area contributed by atoms with E-state index in [-0.39, 0.29) is 11.3 Å². The van der Waals surface area contributed by atoms with Crippen LogP contribution in [0.2, 0.25) is 0 Å². The molecule has 0 aromatic heterocycles. The van der Waals surface area contributed by atoms with Crippen LogP contribution in [0.25, 0.3) is 0 Å². The van der Waals surface area contributed by atoms with Gasteiger partial charge in [0.25, 0.3) is 0 Å². The summed E-state index contributed by atoms with van der Waals surface area (Å²) in [5.74, 6) is 0.238. The fourth-order valence-electron chi connectivity index (χ4n) is 3.59. The predicted molar refractivity (Wildman–Crippen MR) is 91.2 cm³/mol. The molecule has 1 aliphatic rings. The Kier molecular flexibility index (Phi) is 8.52. The summed E-state index contributed by atoms with van der Waals surface area (Å²) in [4.78, 5) is 11.5. The van der Waals surface area contributed by atoms with Gasteiger partial charge in [-0.25, -0.2) is 5.06 Å². The maximum atomic E-state index is 11.5. The van der Waals surface area contributed by atoms with Crippen LogP contribution in [0, 0.1) is 11.3 Å². The first-order valence-corrected chi connectivity index (χ1v) is 8.53. The third kappa shape index (κ3) is 6.85. The minimum Gasteiger partial charge on any atom is -0.314 e. The highest BCUT2D eigenvalue weighted by atomic mass is 16.5. The number of carbonyl (C=O) groups excluding carboxylic acids is 1. The van der Waals surface area contributed by atoms with Crippen molar-refractivity contribution >= 4 is 5.91 Å². The van der Waals surface area contributed by atoms with Crippen LogP contribution in [0.1, 0.15) is 51.4 Å². The summed E-state index contributed by atoms with van der Waals surface area (Å²) >= 11 is 0. The van der Waals surface area contributed by atoms with E-state index in [4.69, 9.17) is 0 Å². The number of unbranched alkanes of at least 4 members (excludes halogenated alkanes) is 1. The minimum absolute atomic E-state index is 0.0356. The molecule has 1 aliphatic heterocycles. The summed E-state index contributed by atoms with van der Waals surface area (Å²) in [6, 6.07) is 0. The molecular formula is C18H32N2O3. The van der Waals surface area contributed by atoms with Gasteiger partial charge in [0.05, 0.1) is 6.54 Å². The molecule has 0 aromatic rings. The van der Waals surface area contributed by atoms with Crippen molar-refractivity contribution < 1.29 is 15.2 Å². The lowest BCUT2D eigenvalue weighted by Crippen LogP contribution is -2.44. The average Bonchev–Trinajstić information content (AvgIpc) is 2.48. The molecule has 0 spiro atoms. The van der Waals surface area contributed by atoms with Crippen LogP contribution in [0.3, 0.4) is 0 Å². The van der Waals surface area contributed by atoms with Gasteiger partial charge in [0.15, 0.2) is 0 Å². The van der Waals surface area contributed by atoms with E-state index in [1.165, 1.54) is 5.06 Å². The van der Waals surface area contributed by atoms with Crippen LogP contribution in [0.5, 0.6) is 0 Å². The Balaban J connectivity index is 2.44. The van der Waals surface area contributed by atoms with Crippen LogP contribution < -0.4 is 0 Å². The molecule has 132 valence electrons. The Morgan fingerprint density at radius 3 is 2.70 bits per heavy atom. The van der Waals surface area contributed by atoms with E-state index in [1.54, 1.807) is 7.05 Å². The van der Waals surface area contributed by atoms with Crippen molar-refractivity contribution in [3.63, 3.8) is 0 Å². The summed E-state index contributed by atoms with van der Waals surface area (Å²) < 4.78 is 0. The number of hydrogen-bond acceptors (Lipinski definition) is 4. The Bertz CT molecular complexity index is 398. The molecule has 1 amide bonds. The minimum atomic E-state index is -0.179. The molecule has 5 nitrogen and oxygen atoms in total. The normalized spacial score (nSPS) is 23.1. The van der Waals surface area contributed by atoms with Gasteiger partial charge in [0.1, 0.15) is 0 Å². The number of nitrogens with zero attached hydrogens (tertiary/aromatic N) is 2. The molecule has 1 heterocycles. The summed E-state index contributed by atoms with van der Waals surface area (Å²) in [6.45, 7) is 8.68. The molecule has 2 N–H and O–H groups in total. The lowest BCUT2D eigenvalue weighted by molar-refractivity contribution is -0.181. The predicted octanol–water partition coefficient (Wildman–Crippen LogP) is 3.63. The first-order valence-electron chi connectivity index (χ1n) is 8.53. The van der Waals surface area contributed by atoms with Gasteiger partial charge in [-0.1, -0.05) is 25.0 Å². The Morgan fingerprint density at radius 2 is 2.13 bits per heavy atom. The number of amides is 1. The van der Waals surface area contributed by atoms with Crippen molar-refractivity contribution in [1.29, 1.82) is 0 Å². The lowest BCUT2D eigenvalue weighted by atomic mass is 9.73. The molecule has 0 unspecified atom stereocenters. The highest BCUT2D eigenvalue weighted by Crippen LogP contribution is 2.39. The van der Waals surface area contributed by atoms with Crippen LogP contribution in [-0.2, 0) is 4.79 Å². The van der Waals surface area contributed by atoms with E-state index < -0.39 is 0 Å². The summed E-state index contributed by atoms with van der Waals surface area (Å²) in [5.41, 5.74) is -0.0356. The monoisotopic (exact) mass is 324 g/mol. The Hall–Kier alpha value is -1.17. The number of allylic oxidation sites excluding steroid dienone is 2. The second kappa shape index (κ2) is 9.85. The fraction of sp³-hybridized carbons (Fsp3) is 0.722. The molecule has 23 heavy (non-hydrogen) atoms. The maximum absolute atomic E-state index is 11.5. The molecule has 0 radical (unpaired) electrons. The fourth-order valence-corrected chi connectivity index (χ4v) is 3.59. The average molecular weight is 324 g/mol. The van der Waals surface area contributed by atoms with E-state index in [0.29, 0.717) is 25.4 Å². The zero-order valence-corrected chi connectivity index (χ0v) is 14.4. The van der Waals surface area contributed by atoms with Crippen molar-refractivity contribution in [1.82, 2.24) is 10.1 Å². The molecule has 1 fully saturated rings. The molecule has 1 rings (SSSR count). The van der Waals surface area contributed by atoms with Gasteiger partial charge in [-0.05, 0) is 43.4 Å². The summed E-state index contributed by atoms with van der Waals surface area (Å²) in [6.07, 6.45) is 10.9. The number of piperidine rings is 1. The molecule has 1 saturated heterocycles. The van der Waals surface area contributed by atoms with Gasteiger partial charge in [-0.15, -0.1) is 13.2 Å². The molecule has 2 atom stereocenters. The Morgan fingerprint density at radius 1 is 1.39 bits per heavy atom. The number of carbonyl (C=O) groups is 1. The second-order valence-electron chi connectivity index (χ2n) is 6.92. The zero-order valence-electron chi connectivity index (χ0n) is 14.4. The topological polar surface area (TPSA) is 64.0 Å². The van der Waals surface area contributed by atoms with Crippen LogP contribution >= 0.6 is 0 Å². The molecule has 5 heteroatoms. The van der Waals surface area contributed by atoms with Gasteiger partial charge < -0.3 is 5.21 Å². The zero-order chi connectivity index (χ0) is 17.3. The first-order chi connectivity index (χ1) is 10.9. The first kappa shape index (κ1) is 19.9. The van der Waals surface area contributed by atoms with Crippen molar-refractivity contribution in [2.75, 3.05) is 20.1 Å². The largest absolute Gasteiger partial charge is 0.314 e. The van der Waals surface area contributed by atoms with Crippen molar-refractivity contribution in [3.8, 4) is 0 Å². The van der Waals surface area contributed by atoms with E-state index in [2.05, 4.69) is 13.2 Å². The second-order valence-corrected chi connectivity index (χ2v) is 6.92. The van der Waals surface area contributed by atoms with Gasteiger partial charge in [-0.3, -0.25) is 10.0 Å². The molecule has 0 aliphatic carbocycles. The van der Waals surface area contributed by atoms with E-state index in [0.717, 1.165) is 50.0 Å². The third-order valence-corrected chi connectivity index (χ3v) is 4.81. The smallest absolute Gasteiger partial charge is 0.245 e. The van der Waals surface area contributed by atoms with Crippen LogP contribution in [0.4, 0.5) is 0 Å². The van der Waals surface area contributed by atoms with Gasteiger partial charge in [-0.2, -0.15) is 5.06 Å².